The molecule has 0 radical (unpaired) electrons. The summed E-state index contributed by atoms with van der Waals surface area (Å²) < 4.78 is 38.4. The molecule has 0 atom stereocenters. The van der Waals surface area contributed by atoms with E-state index in [0.717, 1.165) is 51.0 Å². The molecule has 0 saturated heterocycles. The van der Waals surface area contributed by atoms with E-state index in [2.05, 4.69) is 4.98 Å². The van der Waals surface area contributed by atoms with Crippen molar-refractivity contribution < 1.29 is 13.2 Å². The van der Waals surface area contributed by atoms with Crippen LogP contribution in [0.25, 0.3) is 0 Å². The molecule has 0 unspecified atom stereocenters. The van der Waals surface area contributed by atoms with Crippen LogP contribution in [0.2, 0.25) is 0 Å². The fourth-order valence-electron chi connectivity index (χ4n) is 2.38. The Morgan fingerprint density at radius 3 is 2.15 bits per heavy atom. The molecule has 1 aromatic rings. The number of nitrogens with two attached hydrogens (primary N) is 1. The first-order valence-corrected chi connectivity index (χ1v) is 7.01. The first kappa shape index (κ1) is 13.5. The fourth-order valence-corrected chi connectivity index (χ4v) is 2.38. The van der Waals surface area contributed by atoms with Gasteiger partial charge in [0.05, 0.1) is 17.6 Å². The smallest absolute Gasteiger partial charge is 0.396 e. The van der Waals surface area contributed by atoms with Crippen molar-refractivity contribution in [1.82, 2.24) is 4.98 Å². The standard InChI is InChI=1S/C14H18F3N3/c15-14(16,17)13-5-12(11(18)6-19-13)20(7-9-1-2-9)8-10-3-4-10/h5-6,9-10H,1-4,7-8,18H2. The first-order chi connectivity index (χ1) is 9.43. The van der Waals surface area contributed by atoms with Crippen molar-refractivity contribution in [2.24, 2.45) is 11.8 Å². The molecular weight excluding hydrogens is 267 g/mol. The van der Waals surface area contributed by atoms with Crippen molar-refractivity contribution in [2.75, 3.05) is 23.7 Å². The molecule has 0 spiro atoms. The van der Waals surface area contributed by atoms with E-state index >= 15 is 0 Å². The molecule has 2 aliphatic carbocycles. The van der Waals surface area contributed by atoms with Gasteiger partial charge in [0.2, 0.25) is 0 Å². The van der Waals surface area contributed by atoms with E-state index in [9.17, 15) is 13.2 Å². The minimum atomic E-state index is -4.42. The van der Waals surface area contributed by atoms with Gasteiger partial charge >= 0.3 is 6.18 Å². The second-order valence-corrected chi connectivity index (χ2v) is 5.92. The Hall–Kier alpha value is -1.46. The summed E-state index contributed by atoms with van der Waals surface area (Å²) in [6, 6.07) is 1.10. The fraction of sp³-hybridized carbons (Fsp3) is 0.643. The van der Waals surface area contributed by atoms with E-state index in [1.54, 1.807) is 0 Å². The third-order valence-corrected chi connectivity index (χ3v) is 3.89. The molecule has 20 heavy (non-hydrogen) atoms. The minimum absolute atomic E-state index is 0.333. The molecule has 110 valence electrons. The van der Waals surface area contributed by atoms with Crippen LogP contribution in [0.15, 0.2) is 12.3 Å². The van der Waals surface area contributed by atoms with E-state index in [1.807, 2.05) is 4.90 Å². The van der Waals surface area contributed by atoms with Crippen LogP contribution < -0.4 is 10.6 Å². The number of rotatable bonds is 5. The largest absolute Gasteiger partial charge is 0.433 e. The number of pyridine rings is 1. The lowest BCUT2D eigenvalue weighted by atomic mass is 10.2. The maximum atomic E-state index is 12.8. The van der Waals surface area contributed by atoms with Crippen LogP contribution in [0.4, 0.5) is 24.5 Å². The summed E-state index contributed by atoms with van der Waals surface area (Å²) in [4.78, 5) is 5.43. The SMILES string of the molecule is Nc1cnc(C(F)(F)F)cc1N(CC1CC1)CC1CC1. The van der Waals surface area contributed by atoms with E-state index in [4.69, 9.17) is 5.73 Å². The monoisotopic (exact) mass is 285 g/mol. The van der Waals surface area contributed by atoms with Gasteiger partial charge in [0.15, 0.2) is 0 Å². The van der Waals surface area contributed by atoms with Crippen molar-refractivity contribution in [1.29, 1.82) is 0 Å². The molecule has 2 saturated carbocycles. The molecular formula is C14H18F3N3. The van der Waals surface area contributed by atoms with Gasteiger partial charge in [-0.05, 0) is 43.6 Å². The summed E-state index contributed by atoms with van der Waals surface area (Å²) in [5, 5.41) is 0. The number of aromatic nitrogens is 1. The van der Waals surface area contributed by atoms with Crippen molar-refractivity contribution in [3.05, 3.63) is 18.0 Å². The number of alkyl halides is 3. The van der Waals surface area contributed by atoms with Crippen LogP contribution in [0, 0.1) is 11.8 Å². The molecule has 0 aliphatic heterocycles. The van der Waals surface area contributed by atoms with Crippen molar-refractivity contribution in [3.63, 3.8) is 0 Å². The maximum Gasteiger partial charge on any atom is 0.433 e. The normalized spacial score (nSPS) is 19.1. The van der Waals surface area contributed by atoms with E-state index in [1.165, 1.54) is 0 Å². The zero-order valence-corrected chi connectivity index (χ0v) is 11.2. The van der Waals surface area contributed by atoms with Gasteiger partial charge in [0, 0.05) is 13.1 Å². The van der Waals surface area contributed by atoms with Crippen molar-refractivity contribution in [2.45, 2.75) is 31.9 Å². The Morgan fingerprint density at radius 2 is 1.70 bits per heavy atom. The molecule has 0 amide bonds. The van der Waals surface area contributed by atoms with Crippen LogP contribution in [-0.4, -0.2) is 18.1 Å². The van der Waals surface area contributed by atoms with E-state index in [0.29, 0.717) is 23.2 Å². The minimum Gasteiger partial charge on any atom is -0.396 e. The summed E-state index contributed by atoms with van der Waals surface area (Å²) in [6.07, 6.45) is 1.37. The highest BCUT2D eigenvalue weighted by molar-refractivity contribution is 5.67. The topological polar surface area (TPSA) is 42.1 Å². The highest BCUT2D eigenvalue weighted by atomic mass is 19.4. The first-order valence-electron chi connectivity index (χ1n) is 7.01. The van der Waals surface area contributed by atoms with Gasteiger partial charge in [0.1, 0.15) is 5.69 Å². The summed E-state index contributed by atoms with van der Waals surface area (Å²) in [5.74, 6) is 1.21. The second kappa shape index (κ2) is 4.82. The summed E-state index contributed by atoms with van der Waals surface area (Å²) >= 11 is 0. The zero-order valence-electron chi connectivity index (χ0n) is 11.2. The predicted octanol–water partition coefficient (Wildman–Crippen LogP) is 3.31. The van der Waals surface area contributed by atoms with Gasteiger partial charge in [-0.3, -0.25) is 0 Å². The number of hydrogen-bond acceptors (Lipinski definition) is 3. The average molecular weight is 285 g/mol. The summed E-state index contributed by atoms with van der Waals surface area (Å²) in [6.45, 7) is 1.62. The van der Waals surface area contributed by atoms with Crippen LogP contribution in [0.5, 0.6) is 0 Å². The predicted molar refractivity (Wildman–Crippen MR) is 71.3 cm³/mol. The summed E-state index contributed by atoms with van der Waals surface area (Å²) in [5.41, 5.74) is 5.82. The van der Waals surface area contributed by atoms with Gasteiger partial charge in [-0.2, -0.15) is 13.2 Å². The molecule has 1 aromatic heterocycles. The third-order valence-electron chi connectivity index (χ3n) is 3.89. The van der Waals surface area contributed by atoms with Crippen molar-refractivity contribution in [3.8, 4) is 0 Å². The number of halogens is 3. The molecule has 6 heteroatoms. The number of anilines is 2. The zero-order chi connectivity index (χ0) is 14.3. The van der Waals surface area contributed by atoms with Gasteiger partial charge in [-0.1, -0.05) is 0 Å². The van der Waals surface area contributed by atoms with Crippen LogP contribution >= 0.6 is 0 Å². The molecule has 3 rings (SSSR count). The van der Waals surface area contributed by atoms with Crippen LogP contribution in [-0.2, 0) is 6.18 Å². The highest BCUT2D eigenvalue weighted by Crippen LogP contribution is 2.38. The Morgan fingerprint density at radius 1 is 1.15 bits per heavy atom. The quantitative estimate of drug-likeness (QED) is 0.902. The average Bonchev–Trinajstić information content (AvgIpc) is 3.22. The maximum absolute atomic E-state index is 12.8. The Kier molecular flexibility index (Phi) is 3.26. The number of hydrogen-bond donors (Lipinski definition) is 1. The van der Waals surface area contributed by atoms with Crippen molar-refractivity contribution >= 4 is 11.4 Å². The molecule has 0 bridgehead atoms. The lowest BCUT2D eigenvalue weighted by Gasteiger charge is -2.26. The Balaban J connectivity index is 1.86. The summed E-state index contributed by atoms with van der Waals surface area (Å²) in [7, 11) is 0. The lowest BCUT2D eigenvalue weighted by Crippen LogP contribution is -2.29. The highest BCUT2D eigenvalue weighted by Gasteiger charge is 2.35. The molecule has 2 fully saturated rings. The lowest BCUT2D eigenvalue weighted by molar-refractivity contribution is -0.141. The van der Waals surface area contributed by atoms with Gasteiger partial charge < -0.3 is 10.6 Å². The molecule has 0 aromatic carbocycles. The molecule has 2 N–H and O–H groups in total. The van der Waals surface area contributed by atoms with Crippen LogP contribution in [0.3, 0.4) is 0 Å². The van der Waals surface area contributed by atoms with Gasteiger partial charge in [-0.15, -0.1) is 0 Å². The van der Waals surface area contributed by atoms with Gasteiger partial charge in [0.25, 0.3) is 0 Å². The Labute approximate surface area is 116 Å². The van der Waals surface area contributed by atoms with E-state index in [-0.39, 0.29) is 0 Å². The second-order valence-electron chi connectivity index (χ2n) is 5.92. The molecule has 1 heterocycles. The van der Waals surface area contributed by atoms with Gasteiger partial charge in [-0.25, -0.2) is 4.98 Å². The number of nitrogen functional groups attached to an aromatic ring is 1. The molecule has 3 nitrogen and oxygen atoms in total. The molecule has 2 aliphatic rings. The third kappa shape index (κ3) is 3.16. The van der Waals surface area contributed by atoms with E-state index < -0.39 is 11.9 Å². The Bertz CT molecular complexity index is 479. The number of nitrogens with zero attached hydrogens (tertiary/aromatic N) is 2. The van der Waals surface area contributed by atoms with Crippen LogP contribution in [0.1, 0.15) is 31.4 Å².